The molecule has 7 heteroatoms. The number of primary amides is 1. The van der Waals surface area contributed by atoms with Crippen LogP contribution in [0.1, 0.15) is 5.56 Å². The van der Waals surface area contributed by atoms with E-state index in [-0.39, 0.29) is 12.7 Å². The maximum atomic E-state index is 10.8. The molecule has 128 valence electrons. The third-order valence-corrected chi connectivity index (χ3v) is 3.86. The van der Waals surface area contributed by atoms with Crippen molar-refractivity contribution in [3.05, 3.63) is 48.3 Å². The third kappa shape index (κ3) is 4.81. The Morgan fingerprint density at radius 2 is 2.33 bits per heavy atom. The molecule has 1 saturated heterocycles. The first-order valence-corrected chi connectivity index (χ1v) is 8.00. The topological polar surface area (TPSA) is 82.6 Å². The van der Waals surface area contributed by atoms with Crippen molar-refractivity contribution in [1.29, 1.82) is 0 Å². The summed E-state index contributed by atoms with van der Waals surface area (Å²) in [6.45, 7) is 3.92. The van der Waals surface area contributed by atoms with Gasteiger partial charge in [0.25, 0.3) is 5.91 Å². The van der Waals surface area contributed by atoms with Crippen molar-refractivity contribution in [2.75, 3.05) is 26.3 Å². The van der Waals surface area contributed by atoms with Crippen molar-refractivity contribution in [3.63, 3.8) is 0 Å². The molecule has 2 N–H and O–H groups in total. The number of hydrogen-bond donors (Lipinski definition) is 1. The molecule has 3 rings (SSSR count). The lowest BCUT2D eigenvalue weighted by Crippen LogP contribution is -2.43. The fourth-order valence-corrected chi connectivity index (χ4v) is 2.80. The molecule has 0 spiro atoms. The minimum atomic E-state index is -0.477. The highest BCUT2D eigenvalue weighted by atomic mass is 16.5. The van der Waals surface area contributed by atoms with Crippen LogP contribution >= 0.6 is 0 Å². The molecule has 1 aromatic carbocycles. The Morgan fingerprint density at radius 1 is 1.42 bits per heavy atom. The van der Waals surface area contributed by atoms with E-state index in [1.807, 2.05) is 35.1 Å². The lowest BCUT2D eigenvalue weighted by Gasteiger charge is -2.33. The van der Waals surface area contributed by atoms with Crippen LogP contribution in [-0.4, -0.2) is 53.0 Å². The predicted octanol–water partition coefficient (Wildman–Crippen LogP) is 0.648. The molecule has 0 unspecified atom stereocenters. The third-order valence-electron chi connectivity index (χ3n) is 3.86. The first-order chi connectivity index (χ1) is 11.7. The largest absolute Gasteiger partial charge is 0.484 e. The summed E-state index contributed by atoms with van der Waals surface area (Å²) >= 11 is 0. The second-order valence-electron chi connectivity index (χ2n) is 5.86. The number of carbonyl (C=O) groups excluding carboxylic acids is 1. The fraction of sp³-hybridized carbons (Fsp3) is 0.412. The molecule has 1 atom stereocenters. The number of ether oxygens (including phenoxy) is 2. The van der Waals surface area contributed by atoms with Gasteiger partial charge in [-0.3, -0.25) is 14.4 Å². The minimum Gasteiger partial charge on any atom is -0.484 e. The highest BCUT2D eigenvalue weighted by molar-refractivity contribution is 5.75. The molecule has 1 aromatic heterocycles. The van der Waals surface area contributed by atoms with Gasteiger partial charge in [-0.2, -0.15) is 5.10 Å². The second kappa shape index (κ2) is 7.94. The predicted molar refractivity (Wildman–Crippen MR) is 88.4 cm³/mol. The Balaban J connectivity index is 1.55. The Hall–Kier alpha value is -2.38. The molecule has 2 heterocycles. The minimum absolute atomic E-state index is 0.104. The van der Waals surface area contributed by atoms with Gasteiger partial charge in [0.05, 0.1) is 19.3 Å². The van der Waals surface area contributed by atoms with Gasteiger partial charge in [0.15, 0.2) is 6.61 Å². The van der Waals surface area contributed by atoms with Gasteiger partial charge in [-0.1, -0.05) is 12.1 Å². The van der Waals surface area contributed by atoms with E-state index in [4.69, 9.17) is 15.2 Å². The van der Waals surface area contributed by atoms with Gasteiger partial charge in [0.2, 0.25) is 0 Å². The van der Waals surface area contributed by atoms with E-state index < -0.39 is 5.91 Å². The van der Waals surface area contributed by atoms with E-state index in [1.54, 1.807) is 6.20 Å². The summed E-state index contributed by atoms with van der Waals surface area (Å²) in [5.74, 6) is 0.183. The van der Waals surface area contributed by atoms with Gasteiger partial charge in [-0.05, 0) is 23.8 Å². The van der Waals surface area contributed by atoms with Crippen LogP contribution in [0.15, 0.2) is 42.7 Å². The van der Waals surface area contributed by atoms with Crippen LogP contribution in [0, 0.1) is 0 Å². The van der Waals surface area contributed by atoms with E-state index in [0.717, 1.165) is 31.7 Å². The number of nitrogens with two attached hydrogens (primary N) is 1. The Kier molecular flexibility index (Phi) is 5.45. The number of carbonyl (C=O) groups is 1. The van der Waals surface area contributed by atoms with Crippen LogP contribution in [0.3, 0.4) is 0 Å². The first-order valence-electron chi connectivity index (χ1n) is 8.00. The van der Waals surface area contributed by atoms with Crippen LogP contribution in [0.25, 0.3) is 0 Å². The molecule has 0 saturated carbocycles. The van der Waals surface area contributed by atoms with Crippen LogP contribution in [-0.2, 0) is 22.6 Å². The van der Waals surface area contributed by atoms with E-state index in [1.165, 1.54) is 0 Å². The van der Waals surface area contributed by atoms with E-state index >= 15 is 0 Å². The van der Waals surface area contributed by atoms with Crippen LogP contribution in [0.5, 0.6) is 5.75 Å². The fourth-order valence-electron chi connectivity index (χ4n) is 2.80. The molecule has 24 heavy (non-hydrogen) atoms. The van der Waals surface area contributed by atoms with Crippen molar-refractivity contribution in [2.45, 2.75) is 19.2 Å². The number of morpholine rings is 1. The summed E-state index contributed by atoms with van der Waals surface area (Å²) in [6, 6.07) is 9.66. The normalized spacial score (nSPS) is 18.4. The first kappa shape index (κ1) is 16.5. The monoisotopic (exact) mass is 330 g/mol. The molecular formula is C17H22N4O3. The molecule has 1 fully saturated rings. The van der Waals surface area contributed by atoms with Crippen molar-refractivity contribution >= 4 is 5.91 Å². The maximum absolute atomic E-state index is 10.8. The number of benzene rings is 1. The smallest absolute Gasteiger partial charge is 0.255 e. The number of amides is 1. The lowest BCUT2D eigenvalue weighted by molar-refractivity contribution is -0.119. The summed E-state index contributed by atoms with van der Waals surface area (Å²) in [4.78, 5) is 13.2. The highest BCUT2D eigenvalue weighted by Gasteiger charge is 2.21. The van der Waals surface area contributed by atoms with E-state index in [0.29, 0.717) is 12.4 Å². The second-order valence-corrected chi connectivity index (χ2v) is 5.86. The molecule has 7 nitrogen and oxygen atoms in total. The molecule has 1 amide bonds. The number of nitrogens with zero attached hydrogens (tertiary/aromatic N) is 3. The summed E-state index contributed by atoms with van der Waals surface area (Å²) in [5, 5.41) is 4.23. The summed E-state index contributed by atoms with van der Waals surface area (Å²) in [7, 11) is 0. The molecule has 2 aromatic rings. The van der Waals surface area contributed by atoms with Crippen molar-refractivity contribution in [3.8, 4) is 5.75 Å². The zero-order valence-electron chi connectivity index (χ0n) is 13.5. The van der Waals surface area contributed by atoms with Crippen LogP contribution in [0.4, 0.5) is 0 Å². The van der Waals surface area contributed by atoms with Crippen LogP contribution in [0.2, 0.25) is 0 Å². The van der Waals surface area contributed by atoms with Crippen molar-refractivity contribution in [1.82, 2.24) is 14.7 Å². The van der Waals surface area contributed by atoms with Gasteiger partial charge >= 0.3 is 0 Å². The number of hydrogen-bond acceptors (Lipinski definition) is 5. The van der Waals surface area contributed by atoms with Gasteiger partial charge < -0.3 is 15.2 Å². The molecule has 0 bridgehead atoms. The van der Waals surface area contributed by atoms with E-state index in [2.05, 4.69) is 16.1 Å². The van der Waals surface area contributed by atoms with Gasteiger partial charge in [0.1, 0.15) is 5.75 Å². The molecule has 0 aliphatic carbocycles. The highest BCUT2D eigenvalue weighted by Crippen LogP contribution is 2.17. The number of aromatic nitrogens is 2. The van der Waals surface area contributed by atoms with Crippen molar-refractivity contribution in [2.24, 2.45) is 5.73 Å². The maximum Gasteiger partial charge on any atom is 0.255 e. The Morgan fingerprint density at radius 3 is 3.12 bits per heavy atom. The zero-order valence-corrected chi connectivity index (χ0v) is 13.5. The summed E-state index contributed by atoms with van der Waals surface area (Å²) in [6.07, 6.45) is 3.85. The molecule has 0 radical (unpaired) electrons. The Bertz CT molecular complexity index is 660. The zero-order chi connectivity index (χ0) is 16.8. The summed E-state index contributed by atoms with van der Waals surface area (Å²) < 4.78 is 13.1. The molecule has 1 aliphatic heterocycles. The average molecular weight is 330 g/mol. The number of rotatable bonds is 7. The van der Waals surface area contributed by atoms with Gasteiger partial charge in [-0.15, -0.1) is 0 Å². The average Bonchev–Trinajstić information content (AvgIpc) is 3.07. The van der Waals surface area contributed by atoms with Crippen LogP contribution < -0.4 is 10.5 Å². The van der Waals surface area contributed by atoms with Gasteiger partial charge in [0, 0.05) is 32.0 Å². The lowest BCUT2D eigenvalue weighted by atomic mass is 10.1. The molecular weight excluding hydrogens is 308 g/mol. The summed E-state index contributed by atoms with van der Waals surface area (Å²) in [5.41, 5.74) is 6.24. The van der Waals surface area contributed by atoms with Gasteiger partial charge in [-0.25, -0.2) is 0 Å². The van der Waals surface area contributed by atoms with E-state index in [9.17, 15) is 4.79 Å². The standard InChI is InChI=1S/C17H22N4O3/c18-17(22)13-24-15-4-1-3-14(9-15)10-20-7-8-23-16(11-20)12-21-6-2-5-19-21/h1-6,9,16H,7-8,10-13H2,(H2,18,22)/t16-/m0/s1. The van der Waals surface area contributed by atoms with Crippen molar-refractivity contribution < 1.29 is 14.3 Å². The Labute approximate surface area is 140 Å². The quantitative estimate of drug-likeness (QED) is 0.806. The molecule has 1 aliphatic rings. The SMILES string of the molecule is NC(=O)COc1cccc(CN2CCO[C@H](Cn3cccn3)C2)c1.